The molecule has 0 N–H and O–H groups in total. The maximum atomic E-state index is 11.7. The van der Waals surface area contributed by atoms with Gasteiger partial charge in [-0.15, -0.1) is 0 Å². The number of hydrogen-bond donors (Lipinski definition) is 0. The van der Waals surface area contributed by atoms with Gasteiger partial charge in [0, 0.05) is 31.2 Å². The van der Waals surface area contributed by atoms with E-state index in [0.717, 1.165) is 11.9 Å². The molecule has 0 bridgehead atoms. The van der Waals surface area contributed by atoms with Crippen molar-refractivity contribution in [2.24, 2.45) is 0 Å². The fraction of sp³-hybridized carbons (Fsp3) is 0.273. The molecule has 2 heterocycles. The van der Waals surface area contributed by atoms with Crippen LogP contribution in [0.1, 0.15) is 6.92 Å². The van der Waals surface area contributed by atoms with Gasteiger partial charge in [0.2, 0.25) is 0 Å². The fourth-order valence-corrected chi connectivity index (χ4v) is 1.52. The summed E-state index contributed by atoms with van der Waals surface area (Å²) >= 11 is 0. The van der Waals surface area contributed by atoms with E-state index in [1.807, 2.05) is 31.1 Å². The van der Waals surface area contributed by atoms with Crippen molar-refractivity contribution in [2.75, 3.05) is 18.6 Å². The highest BCUT2D eigenvalue weighted by Crippen LogP contribution is 2.07. The molecule has 4 heteroatoms. The molecule has 0 saturated carbocycles. The molecule has 0 saturated heterocycles. The quantitative estimate of drug-likeness (QED) is 0.730. The lowest BCUT2D eigenvalue weighted by Gasteiger charge is -2.20. The standard InChI is InChI=1S/C11H13N3O/c1-3-13(2)14-10(15)7-6-9-5-4-8-12-11(9)14/h4-8H,3H2,1-2H3. The molecule has 2 rings (SSSR count). The number of rotatable bonds is 2. The Morgan fingerprint density at radius 3 is 2.93 bits per heavy atom. The Bertz CT molecular complexity index is 533. The summed E-state index contributed by atoms with van der Waals surface area (Å²) in [5.74, 6) is 0. The number of aromatic nitrogens is 2. The van der Waals surface area contributed by atoms with Crippen molar-refractivity contribution in [1.82, 2.24) is 9.66 Å². The smallest absolute Gasteiger partial charge is 0.270 e. The van der Waals surface area contributed by atoms with Crippen LogP contribution in [-0.2, 0) is 0 Å². The van der Waals surface area contributed by atoms with E-state index in [-0.39, 0.29) is 5.56 Å². The highest BCUT2D eigenvalue weighted by molar-refractivity contribution is 5.74. The Morgan fingerprint density at radius 2 is 2.20 bits per heavy atom. The third-order valence-electron chi connectivity index (χ3n) is 2.43. The van der Waals surface area contributed by atoms with E-state index >= 15 is 0 Å². The first-order chi connectivity index (χ1) is 7.24. The predicted octanol–water partition coefficient (Wildman–Crippen LogP) is 0.984. The van der Waals surface area contributed by atoms with Crippen LogP contribution >= 0.6 is 0 Å². The first-order valence-electron chi connectivity index (χ1n) is 4.92. The largest absolute Gasteiger partial charge is 0.311 e. The molecule has 0 aromatic carbocycles. The fourth-order valence-electron chi connectivity index (χ4n) is 1.52. The van der Waals surface area contributed by atoms with Crippen molar-refractivity contribution in [3.8, 4) is 0 Å². The zero-order valence-corrected chi connectivity index (χ0v) is 8.84. The molecule has 78 valence electrons. The topological polar surface area (TPSA) is 38.1 Å². The lowest BCUT2D eigenvalue weighted by molar-refractivity contribution is 0.665. The first-order valence-corrected chi connectivity index (χ1v) is 4.92. The number of fused-ring (bicyclic) bond motifs is 1. The minimum absolute atomic E-state index is 0.0504. The van der Waals surface area contributed by atoms with Gasteiger partial charge in [0.25, 0.3) is 5.56 Å². The number of pyridine rings is 2. The molecule has 0 amide bonds. The molecular weight excluding hydrogens is 190 g/mol. The van der Waals surface area contributed by atoms with Gasteiger partial charge in [0.15, 0.2) is 5.65 Å². The summed E-state index contributed by atoms with van der Waals surface area (Å²) in [4.78, 5) is 15.9. The molecule has 0 aliphatic heterocycles. The Hall–Kier alpha value is -1.84. The third-order valence-corrected chi connectivity index (χ3v) is 2.43. The Morgan fingerprint density at radius 1 is 1.40 bits per heavy atom. The van der Waals surface area contributed by atoms with Gasteiger partial charge in [-0.05, 0) is 25.1 Å². The second-order valence-electron chi connectivity index (χ2n) is 3.37. The molecule has 0 unspecified atom stereocenters. The van der Waals surface area contributed by atoms with Crippen molar-refractivity contribution < 1.29 is 0 Å². The highest BCUT2D eigenvalue weighted by Gasteiger charge is 2.05. The maximum absolute atomic E-state index is 11.7. The van der Waals surface area contributed by atoms with E-state index in [4.69, 9.17) is 0 Å². The number of nitrogens with zero attached hydrogens (tertiary/aromatic N) is 3. The molecule has 0 atom stereocenters. The van der Waals surface area contributed by atoms with Gasteiger partial charge < -0.3 is 5.01 Å². The molecule has 15 heavy (non-hydrogen) atoms. The maximum Gasteiger partial charge on any atom is 0.270 e. The molecule has 0 radical (unpaired) electrons. The van der Waals surface area contributed by atoms with Crippen LogP contribution in [0.3, 0.4) is 0 Å². The van der Waals surface area contributed by atoms with E-state index in [1.54, 1.807) is 23.0 Å². The summed E-state index contributed by atoms with van der Waals surface area (Å²) in [6.45, 7) is 2.75. The van der Waals surface area contributed by atoms with E-state index in [9.17, 15) is 4.79 Å². The Kier molecular flexibility index (Phi) is 2.41. The van der Waals surface area contributed by atoms with Crippen LogP contribution in [0.5, 0.6) is 0 Å². The van der Waals surface area contributed by atoms with Gasteiger partial charge in [-0.3, -0.25) is 4.79 Å². The van der Waals surface area contributed by atoms with Crippen molar-refractivity contribution in [3.63, 3.8) is 0 Å². The van der Waals surface area contributed by atoms with Crippen molar-refractivity contribution in [1.29, 1.82) is 0 Å². The lowest BCUT2D eigenvalue weighted by Crippen LogP contribution is -2.39. The van der Waals surface area contributed by atoms with Gasteiger partial charge in [0.1, 0.15) is 0 Å². The van der Waals surface area contributed by atoms with E-state index in [0.29, 0.717) is 5.65 Å². The predicted molar refractivity (Wildman–Crippen MR) is 60.7 cm³/mol. The first kappa shape index (κ1) is 9.71. The van der Waals surface area contributed by atoms with Crippen LogP contribution in [0.4, 0.5) is 0 Å². The minimum Gasteiger partial charge on any atom is -0.311 e. The second-order valence-corrected chi connectivity index (χ2v) is 3.37. The zero-order chi connectivity index (χ0) is 10.8. The van der Waals surface area contributed by atoms with Gasteiger partial charge in [-0.2, -0.15) is 0 Å². The van der Waals surface area contributed by atoms with Gasteiger partial charge in [-0.25, -0.2) is 9.66 Å². The summed E-state index contributed by atoms with van der Waals surface area (Å²) in [6, 6.07) is 7.17. The minimum atomic E-state index is -0.0504. The van der Waals surface area contributed by atoms with E-state index in [2.05, 4.69) is 4.98 Å². The zero-order valence-electron chi connectivity index (χ0n) is 8.84. The van der Waals surface area contributed by atoms with Crippen LogP contribution < -0.4 is 10.6 Å². The molecule has 0 fully saturated rings. The van der Waals surface area contributed by atoms with Crippen LogP contribution in [0, 0.1) is 0 Å². The Labute approximate surface area is 87.7 Å². The van der Waals surface area contributed by atoms with Gasteiger partial charge >= 0.3 is 0 Å². The molecule has 4 nitrogen and oxygen atoms in total. The summed E-state index contributed by atoms with van der Waals surface area (Å²) in [6.07, 6.45) is 1.70. The van der Waals surface area contributed by atoms with Crippen molar-refractivity contribution in [3.05, 3.63) is 40.8 Å². The van der Waals surface area contributed by atoms with Crippen molar-refractivity contribution in [2.45, 2.75) is 6.92 Å². The molecule has 2 aromatic rings. The molecule has 0 spiro atoms. The van der Waals surface area contributed by atoms with Gasteiger partial charge in [-0.1, -0.05) is 0 Å². The van der Waals surface area contributed by atoms with Gasteiger partial charge in [0.05, 0.1) is 0 Å². The summed E-state index contributed by atoms with van der Waals surface area (Å²) in [5.41, 5.74) is 0.653. The summed E-state index contributed by atoms with van der Waals surface area (Å²) in [7, 11) is 1.87. The molecule has 0 aliphatic carbocycles. The monoisotopic (exact) mass is 203 g/mol. The third kappa shape index (κ3) is 1.58. The highest BCUT2D eigenvalue weighted by atomic mass is 16.1. The van der Waals surface area contributed by atoms with Crippen LogP contribution in [0.15, 0.2) is 35.3 Å². The summed E-state index contributed by atoms with van der Waals surface area (Å²) in [5, 5.41) is 2.81. The number of hydrogen-bond acceptors (Lipinski definition) is 3. The molecule has 0 aliphatic rings. The van der Waals surface area contributed by atoms with Crippen LogP contribution in [0.25, 0.3) is 11.0 Å². The summed E-state index contributed by atoms with van der Waals surface area (Å²) < 4.78 is 1.59. The Balaban J connectivity index is 2.80. The van der Waals surface area contributed by atoms with Crippen molar-refractivity contribution >= 4 is 11.0 Å². The van der Waals surface area contributed by atoms with E-state index in [1.165, 1.54) is 0 Å². The van der Waals surface area contributed by atoms with Crippen LogP contribution in [-0.4, -0.2) is 23.3 Å². The SMILES string of the molecule is CCN(C)n1c(=O)ccc2cccnc21. The average molecular weight is 203 g/mol. The molecular formula is C11H13N3O. The average Bonchev–Trinajstić information content (AvgIpc) is 2.28. The lowest BCUT2D eigenvalue weighted by atomic mass is 10.3. The second kappa shape index (κ2) is 3.73. The molecule has 2 aromatic heterocycles. The van der Waals surface area contributed by atoms with E-state index < -0.39 is 0 Å². The normalized spacial score (nSPS) is 10.5. The van der Waals surface area contributed by atoms with Crippen LogP contribution in [0.2, 0.25) is 0 Å².